The third-order valence-electron chi connectivity index (χ3n) is 3.87. The Morgan fingerprint density at radius 3 is 2.20 bits per heavy atom. The molecule has 0 amide bonds. The fraction of sp³-hybridized carbons (Fsp3) is 0.316. The predicted octanol–water partition coefficient (Wildman–Crippen LogP) is 4.15. The lowest BCUT2D eigenvalue weighted by molar-refractivity contribution is 0.355. The largest absolute Gasteiger partial charge is 0.497 e. The number of hydrogen-bond donors (Lipinski definition) is 2. The lowest BCUT2D eigenvalue weighted by atomic mass is 10.0. The molecule has 2 aromatic carbocycles. The topological polar surface area (TPSA) is 51.8 Å². The fourth-order valence-electron chi connectivity index (χ4n) is 2.50. The first-order valence-corrected chi connectivity index (χ1v) is 8.45. The minimum Gasteiger partial charge on any atom is -0.497 e. The molecule has 1 atom stereocenters. The van der Waals surface area contributed by atoms with Crippen molar-refractivity contribution in [2.75, 3.05) is 26.6 Å². The van der Waals surface area contributed by atoms with E-state index in [0.717, 1.165) is 23.4 Å². The van der Waals surface area contributed by atoms with Gasteiger partial charge in [-0.1, -0.05) is 19.1 Å². The molecule has 0 aliphatic carbocycles. The lowest BCUT2D eigenvalue weighted by Gasteiger charge is -2.20. The molecule has 0 fully saturated rings. The summed E-state index contributed by atoms with van der Waals surface area (Å²) in [6.07, 6.45) is 0.903. The first kappa shape index (κ1) is 18.9. The van der Waals surface area contributed by atoms with Crippen LogP contribution >= 0.6 is 12.2 Å². The summed E-state index contributed by atoms with van der Waals surface area (Å²) in [6.45, 7) is 2.11. The van der Waals surface area contributed by atoms with E-state index in [1.54, 1.807) is 21.3 Å². The minimum absolute atomic E-state index is 0.117. The van der Waals surface area contributed by atoms with Gasteiger partial charge < -0.3 is 24.8 Å². The molecule has 0 radical (unpaired) electrons. The number of nitrogens with one attached hydrogen (secondary N) is 2. The summed E-state index contributed by atoms with van der Waals surface area (Å²) in [7, 11) is 4.87. The third-order valence-corrected chi connectivity index (χ3v) is 4.09. The molecule has 0 spiro atoms. The van der Waals surface area contributed by atoms with Crippen molar-refractivity contribution in [3.05, 3.63) is 48.0 Å². The smallest absolute Gasteiger partial charge is 0.171 e. The number of rotatable bonds is 7. The number of thiocarbonyl (C=S) groups is 1. The second-order valence-electron chi connectivity index (χ2n) is 5.40. The predicted molar refractivity (Wildman–Crippen MR) is 105 cm³/mol. The monoisotopic (exact) mass is 360 g/mol. The summed E-state index contributed by atoms with van der Waals surface area (Å²) >= 11 is 5.45. The van der Waals surface area contributed by atoms with E-state index in [4.69, 9.17) is 26.4 Å². The van der Waals surface area contributed by atoms with E-state index >= 15 is 0 Å². The highest BCUT2D eigenvalue weighted by molar-refractivity contribution is 7.80. The number of methoxy groups -OCH3 is 3. The summed E-state index contributed by atoms with van der Waals surface area (Å²) in [4.78, 5) is 0. The highest BCUT2D eigenvalue weighted by atomic mass is 32.1. The first-order chi connectivity index (χ1) is 12.1. The second kappa shape index (κ2) is 9.13. The van der Waals surface area contributed by atoms with Crippen LogP contribution in [0.2, 0.25) is 0 Å². The maximum Gasteiger partial charge on any atom is 0.171 e. The van der Waals surface area contributed by atoms with Gasteiger partial charge in [-0.25, -0.2) is 0 Å². The van der Waals surface area contributed by atoms with Crippen LogP contribution in [-0.4, -0.2) is 26.4 Å². The molecule has 5 nitrogen and oxygen atoms in total. The molecule has 2 aromatic rings. The Bertz CT molecular complexity index is 704. The van der Waals surface area contributed by atoms with Gasteiger partial charge in [-0.15, -0.1) is 0 Å². The quantitative estimate of drug-likeness (QED) is 0.724. The van der Waals surface area contributed by atoms with Crippen LogP contribution < -0.4 is 24.8 Å². The number of benzene rings is 2. The molecule has 134 valence electrons. The number of ether oxygens (including phenoxy) is 3. The van der Waals surface area contributed by atoms with Crippen LogP contribution in [0.5, 0.6) is 17.2 Å². The van der Waals surface area contributed by atoms with Gasteiger partial charge in [0, 0.05) is 11.8 Å². The molecule has 6 heteroatoms. The van der Waals surface area contributed by atoms with Gasteiger partial charge in [0.05, 0.1) is 27.4 Å². The Balaban J connectivity index is 2.04. The van der Waals surface area contributed by atoms with Crippen molar-refractivity contribution in [2.45, 2.75) is 19.4 Å². The van der Waals surface area contributed by atoms with Crippen LogP contribution in [0.15, 0.2) is 42.5 Å². The van der Waals surface area contributed by atoms with E-state index < -0.39 is 0 Å². The van der Waals surface area contributed by atoms with Crippen molar-refractivity contribution in [2.24, 2.45) is 0 Å². The van der Waals surface area contributed by atoms with Crippen molar-refractivity contribution in [1.29, 1.82) is 0 Å². The molecule has 0 aromatic heterocycles. The first-order valence-electron chi connectivity index (χ1n) is 8.04. The van der Waals surface area contributed by atoms with Gasteiger partial charge in [0.15, 0.2) is 16.6 Å². The Morgan fingerprint density at radius 2 is 1.64 bits per heavy atom. The van der Waals surface area contributed by atoms with Crippen LogP contribution in [-0.2, 0) is 0 Å². The maximum atomic E-state index is 5.45. The minimum atomic E-state index is 0.117. The van der Waals surface area contributed by atoms with E-state index in [2.05, 4.69) is 17.6 Å². The molecular formula is C19H24N2O3S. The van der Waals surface area contributed by atoms with E-state index in [-0.39, 0.29) is 6.04 Å². The van der Waals surface area contributed by atoms with Crippen molar-refractivity contribution in [1.82, 2.24) is 5.32 Å². The molecule has 2 rings (SSSR count). The molecule has 2 N–H and O–H groups in total. The second-order valence-corrected chi connectivity index (χ2v) is 5.81. The average Bonchev–Trinajstić information content (AvgIpc) is 2.66. The van der Waals surface area contributed by atoms with E-state index in [1.165, 1.54) is 0 Å². The van der Waals surface area contributed by atoms with Crippen molar-refractivity contribution in [3.63, 3.8) is 0 Å². The number of anilines is 1. The normalized spacial score (nSPS) is 11.4. The van der Waals surface area contributed by atoms with Gasteiger partial charge in [0.1, 0.15) is 5.75 Å². The Kier molecular flexibility index (Phi) is 6.89. The zero-order valence-corrected chi connectivity index (χ0v) is 15.8. The van der Waals surface area contributed by atoms with Crippen molar-refractivity contribution in [3.8, 4) is 17.2 Å². The van der Waals surface area contributed by atoms with Gasteiger partial charge in [-0.05, 0) is 48.5 Å². The van der Waals surface area contributed by atoms with Crippen LogP contribution in [0.4, 0.5) is 5.69 Å². The maximum absolute atomic E-state index is 5.45. The highest BCUT2D eigenvalue weighted by Gasteiger charge is 2.12. The van der Waals surface area contributed by atoms with Gasteiger partial charge in [0.2, 0.25) is 0 Å². The highest BCUT2D eigenvalue weighted by Crippen LogP contribution is 2.29. The SMILES string of the molecule is CCC(NC(=S)Nc1ccc(OC)c(OC)c1)c1ccc(OC)cc1. The summed E-state index contributed by atoms with van der Waals surface area (Å²) in [6, 6.07) is 13.7. The molecule has 0 aliphatic heterocycles. The molecular weight excluding hydrogens is 336 g/mol. The average molecular weight is 360 g/mol. The van der Waals surface area contributed by atoms with Crippen LogP contribution in [0, 0.1) is 0 Å². The third kappa shape index (κ3) is 5.00. The summed E-state index contributed by atoms with van der Waals surface area (Å²) in [5, 5.41) is 7.08. The summed E-state index contributed by atoms with van der Waals surface area (Å²) in [5.41, 5.74) is 1.99. The van der Waals surface area contributed by atoms with Crippen molar-refractivity contribution >= 4 is 23.0 Å². The zero-order chi connectivity index (χ0) is 18.2. The van der Waals surface area contributed by atoms with Gasteiger partial charge in [-0.3, -0.25) is 0 Å². The Hall–Kier alpha value is -2.47. The Labute approximate surface area is 154 Å². The Morgan fingerprint density at radius 1 is 0.960 bits per heavy atom. The van der Waals surface area contributed by atoms with Crippen LogP contribution in [0.1, 0.15) is 24.9 Å². The molecule has 1 unspecified atom stereocenters. The van der Waals surface area contributed by atoms with Crippen LogP contribution in [0.3, 0.4) is 0 Å². The molecule has 0 saturated carbocycles. The standard InChI is InChI=1S/C19H24N2O3S/c1-5-16(13-6-9-15(22-2)10-7-13)21-19(25)20-14-8-11-17(23-3)18(12-14)24-4/h6-12,16H,5H2,1-4H3,(H2,20,21,25). The zero-order valence-electron chi connectivity index (χ0n) is 15.0. The molecule has 0 aliphatic rings. The van der Waals surface area contributed by atoms with E-state index in [9.17, 15) is 0 Å². The van der Waals surface area contributed by atoms with Crippen molar-refractivity contribution < 1.29 is 14.2 Å². The van der Waals surface area contributed by atoms with E-state index in [0.29, 0.717) is 16.6 Å². The van der Waals surface area contributed by atoms with Gasteiger partial charge >= 0.3 is 0 Å². The fourth-order valence-corrected chi connectivity index (χ4v) is 2.76. The summed E-state index contributed by atoms with van der Waals surface area (Å²) < 4.78 is 15.8. The van der Waals surface area contributed by atoms with Crippen LogP contribution in [0.25, 0.3) is 0 Å². The molecule has 0 bridgehead atoms. The lowest BCUT2D eigenvalue weighted by Crippen LogP contribution is -2.32. The number of hydrogen-bond acceptors (Lipinski definition) is 4. The molecule has 25 heavy (non-hydrogen) atoms. The molecule has 0 heterocycles. The van der Waals surface area contributed by atoms with E-state index in [1.807, 2.05) is 42.5 Å². The van der Waals surface area contributed by atoms with Gasteiger partial charge in [-0.2, -0.15) is 0 Å². The van der Waals surface area contributed by atoms with Gasteiger partial charge in [0.25, 0.3) is 0 Å². The summed E-state index contributed by atoms with van der Waals surface area (Å²) in [5.74, 6) is 2.17. The molecule has 0 saturated heterocycles.